The van der Waals surface area contributed by atoms with Crippen LogP contribution in [0.15, 0.2) is 18.2 Å². The van der Waals surface area contributed by atoms with E-state index in [1.807, 2.05) is 12.1 Å². The number of nitro groups is 1. The summed E-state index contributed by atoms with van der Waals surface area (Å²) in [4.78, 5) is 10.6. The highest BCUT2D eigenvalue weighted by atomic mass is 16.6. The van der Waals surface area contributed by atoms with Gasteiger partial charge in [0.25, 0.3) is 5.69 Å². The van der Waals surface area contributed by atoms with Gasteiger partial charge in [-0.1, -0.05) is 12.1 Å². The van der Waals surface area contributed by atoms with Gasteiger partial charge in [0.05, 0.1) is 4.92 Å². The van der Waals surface area contributed by atoms with Crippen molar-refractivity contribution in [1.29, 1.82) is 0 Å². The molecular weight excluding hydrogens is 204 g/mol. The van der Waals surface area contributed by atoms with Crippen molar-refractivity contribution in [3.8, 4) is 0 Å². The van der Waals surface area contributed by atoms with E-state index in [4.69, 9.17) is 5.73 Å². The first kappa shape index (κ1) is 11.1. The van der Waals surface area contributed by atoms with Gasteiger partial charge in [0.2, 0.25) is 0 Å². The molecule has 1 fully saturated rings. The van der Waals surface area contributed by atoms with E-state index in [1.54, 1.807) is 13.0 Å². The molecule has 0 bridgehead atoms. The third-order valence-corrected chi connectivity index (χ3v) is 3.49. The van der Waals surface area contributed by atoms with Crippen LogP contribution >= 0.6 is 0 Å². The number of benzene rings is 1. The van der Waals surface area contributed by atoms with Gasteiger partial charge >= 0.3 is 0 Å². The lowest BCUT2D eigenvalue weighted by molar-refractivity contribution is -0.385. The Morgan fingerprint density at radius 2 is 2.19 bits per heavy atom. The summed E-state index contributed by atoms with van der Waals surface area (Å²) in [5, 5.41) is 10.9. The Morgan fingerprint density at radius 1 is 1.50 bits per heavy atom. The van der Waals surface area contributed by atoms with Gasteiger partial charge in [-0.2, -0.15) is 0 Å². The predicted molar refractivity (Wildman–Crippen MR) is 62.4 cm³/mol. The van der Waals surface area contributed by atoms with Crippen LogP contribution in [0.3, 0.4) is 0 Å². The molecule has 16 heavy (non-hydrogen) atoms. The second-order valence-corrected chi connectivity index (χ2v) is 4.58. The molecule has 1 saturated carbocycles. The number of rotatable bonds is 4. The summed E-state index contributed by atoms with van der Waals surface area (Å²) in [6, 6.07) is 5.56. The zero-order valence-electron chi connectivity index (χ0n) is 9.40. The lowest BCUT2D eigenvalue weighted by atomic mass is 9.91. The monoisotopic (exact) mass is 220 g/mol. The summed E-state index contributed by atoms with van der Waals surface area (Å²) in [6.07, 6.45) is 3.13. The van der Waals surface area contributed by atoms with Gasteiger partial charge in [-0.05, 0) is 43.7 Å². The summed E-state index contributed by atoms with van der Waals surface area (Å²) in [5.41, 5.74) is 7.74. The van der Waals surface area contributed by atoms with Gasteiger partial charge in [0, 0.05) is 11.6 Å². The third kappa shape index (κ3) is 1.80. The molecule has 0 saturated heterocycles. The van der Waals surface area contributed by atoms with Crippen LogP contribution in [0.2, 0.25) is 0 Å². The average Bonchev–Trinajstić information content (AvgIpc) is 2.99. The van der Waals surface area contributed by atoms with Crippen molar-refractivity contribution >= 4 is 5.69 Å². The lowest BCUT2D eigenvalue weighted by Gasteiger charge is -2.14. The number of nitrogens with two attached hydrogens (primary N) is 1. The smallest absolute Gasteiger partial charge is 0.272 e. The van der Waals surface area contributed by atoms with E-state index in [0.717, 1.165) is 30.4 Å². The number of nitrogens with zero attached hydrogens (tertiary/aromatic N) is 1. The first-order valence-electron chi connectivity index (χ1n) is 5.55. The Hall–Kier alpha value is -1.42. The van der Waals surface area contributed by atoms with Crippen LogP contribution in [-0.2, 0) is 5.41 Å². The largest absolute Gasteiger partial charge is 0.330 e. The average molecular weight is 220 g/mol. The number of hydrogen-bond donors (Lipinski definition) is 1. The number of hydrogen-bond acceptors (Lipinski definition) is 3. The molecule has 0 atom stereocenters. The van der Waals surface area contributed by atoms with Gasteiger partial charge in [-0.25, -0.2) is 0 Å². The van der Waals surface area contributed by atoms with Crippen molar-refractivity contribution in [3.63, 3.8) is 0 Å². The molecule has 86 valence electrons. The van der Waals surface area contributed by atoms with Gasteiger partial charge < -0.3 is 5.73 Å². The molecular formula is C12H16N2O2. The number of aryl methyl sites for hydroxylation is 1. The molecule has 1 aromatic carbocycles. The fraction of sp³-hybridized carbons (Fsp3) is 0.500. The second kappa shape index (κ2) is 3.87. The Labute approximate surface area is 94.6 Å². The maximum absolute atomic E-state index is 10.9. The molecule has 0 spiro atoms. The van der Waals surface area contributed by atoms with Crippen LogP contribution in [0.25, 0.3) is 0 Å². The van der Waals surface area contributed by atoms with Gasteiger partial charge in [-0.15, -0.1) is 0 Å². The quantitative estimate of drug-likeness (QED) is 0.625. The van der Waals surface area contributed by atoms with Gasteiger partial charge in [0.1, 0.15) is 0 Å². The summed E-state index contributed by atoms with van der Waals surface area (Å²) < 4.78 is 0. The molecule has 0 radical (unpaired) electrons. The van der Waals surface area contributed by atoms with Crippen LogP contribution in [0.4, 0.5) is 5.69 Å². The Balaban J connectivity index is 2.36. The van der Waals surface area contributed by atoms with Crippen molar-refractivity contribution in [2.24, 2.45) is 5.73 Å². The van der Waals surface area contributed by atoms with Crippen LogP contribution in [0.5, 0.6) is 0 Å². The minimum atomic E-state index is -0.308. The van der Waals surface area contributed by atoms with Gasteiger partial charge in [-0.3, -0.25) is 10.1 Å². The SMILES string of the molecule is Cc1ccc(C2(CCN)CC2)cc1[N+](=O)[O-]. The number of nitro benzene ring substituents is 1. The Kier molecular flexibility index (Phi) is 2.68. The molecule has 2 N–H and O–H groups in total. The van der Waals surface area contributed by atoms with E-state index in [2.05, 4.69) is 0 Å². The summed E-state index contributed by atoms with van der Waals surface area (Å²) in [7, 11) is 0. The lowest BCUT2D eigenvalue weighted by Crippen LogP contribution is -2.13. The van der Waals surface area contributed by atoms with E-state index in [-0.39, 0.29) is 16.0 Å². The van der Waals surface area contributed by atoms with Crippen LogP contribution in [0, 0.1) is 17.0 Å². The van der Waals surface area contributed by atoms with Crippen molar-refractivity contribution in [3.05, 3.63) is 39.4 Å². The molecule has 1 aliphatic rings. The van der Waals surface area contributed by atoms with Crippen molar-refractivity contribution in [1.82, 2.24) is 0 Å². The minimum Gasteiger partial charge on any atom is -0.330 e. The predicted octanol–water partition coefficient (Wildman–Crippen LogP) is 2.28. The molecule has 4 heteroatoms. The maximum Gasteiger partial charge on any atom is 0.272 e. The van der Waals surface area contributed by atoms with E-state index in [9.17, 15) is 10.1 Å². The fourth-order valence-electron chi connectivity index (χ4n) is 2.25. The molecule has 0 unspecified atom stereocenters. The van der Waals surface area contributed by atoms with Crippen LogP contribution < -0.4 is 5.73 Å². The molecule has 1 aromatic rings. The standard InChI is InChI=1S/C12H16N2O2/c1-9-2-3-10(8-11(9)14(15)16)12(4-5-12)6-7-13/h2-3,8H,4-7,13H2,1H3. The summed E-state index contributed by atoms with van der Waals surface area (Å²) in [6.45, 7) is 2.41. The highest BCUT2D eigenvalue weighted by Gasteiger charge is 2.43. The second-order valence-electron chi connectivity index (χ2n) is 4.58. The van der Waals surface area contributed by atoms with Crippen LogP contribution in [0.1, 0.15) is 30.4 Å². The van der Waals surface area contributed by atoms with Crippen molar-refractivity contribution in [2.45, 2.75) is 31.6 Å². The fourth-order valence-corrected chi connectivity index (χ4v) is 2.25. The first-order chi connectivity index (χ1) is 7.59. The summed E-state index contributed by atoms with van der Waals surface area (Å²) in [5.74, 6) is 0. The van der Waals surface area contributed by atoms with E-state index < -0.39 is 0 Å². The molecule has 0 aliphatic heterocycles. The van der Waals surface area contributed by atoms with E-state index in [0.29, 0.717) is 6.54 Å². The Bertz CT molecular complexity index is 425. The van der Waals surface area contributed by atoms with E-state index >= 15 is 0 Å². The highest BCUT2D eigenvalue weighted by molar-refractivity contribution is 5.46. The topological polar surface area (TPSA) is 69.2 Å². The van der Waals surface area contributed by atoms with E-state index in [1.165, 1.54) is 0 Å². The Morgan fingerprint density at radius 3 is 2.69 bits per heavy atom. The van der Waals surface area contributed by atoms with Crippen LogP contribution in [-0.4, -0.2) is 11.5 Å². The molecule has 0 aromatic heterocycles. The molecule has 0 heterocycles. The normalized spacial score (nSPS) is 17.1. The maximum atomic E-state index is 10.9. The molecule has 2 rings (SSSR count). The minimum absolute atomic E-state index is 0.132. The highest BCUT2D eigenvalue weighted by Crippen LogP contribution is 2.51. The van der Waals surface area contributed by atoms with Crippen molar-refractivity contribution in [2.75, 3.05) is 6.54 Å². The van der Waals surface area contributed by atoms with Crippen molar-refractivity contribution < 1.29 is 4.92 Å². The zero-order chi connectivity index (χ0) is 11.8. The molecule has 1 aliphatic carbocycles. The zero-order valence-corrected chi connectivity index (χ0v) is 9.40. The van der Waals surface area contributed by atoms with Gasteiger partial charge in [0.15, 0.2) is 0 Å². The molecule has 0 amide bonds. The first-order valence-corrected chi connectivity index (χ1v) is 5.55. The molecule has 4 nitrogen and oxygen atoms in total. The summed E-state index contributed by atoms with van der Waals surface area (Å²) >= 11 is 0. The third-order valence-electron chi connectivity index (χ3n) is 3.49.